The number of carboxylic acid groups (broad SMARTS) is 1. The maximum atomic E-state index is 11.0. The molecule has 0 bridgehead atoms. The van der Waals surface area contributed by atoms with E-state index in [4.69, 9.17) is 26.2 Å². The summed E-state index contributed by atoms with van der Waals surface area (Å²) >= 11 is 0. The van der Waals surface area contributed by atoms with Gasteiger partial charge in [0.15, 0.2) is 0 Å². The predicted molar refractivity (Wildman–Crippen MR) is 146 cm³/mol. The van der Waals surface area contributed by atoms with Gasteiger partial charge in [-0.1, -0.05) is 54.1 Å². The summed E-state index contributed by atoms with van der Waals surface area (Å²) in [6.07, 6.45) is 4.87. The lowest BCUT2D eigenvalue weighted by Crippen LogP contribution is -2.50. The maximum absolute atomic E-state index is 11.0. The molecule has 0 spiro atoms. The third kappa shape index (κ3) is 7.74. The summed E-state index contributed by atoms with van der Waals surface area (Å²) in [6.45, 7) is 0.886. The van der Waals surface area contributed by atoms with Crippen LogP contribution in [0.5, 0.6) is 0 Å². The number of aliphatic hydroxyl groups excluding tert-OH is 3. The van der Waals surface area contributed by atoms with E-state index in [0.717, 1.165) is 29.6 Å². The van der Waals surface area contributed by atoms with Crippen LogP contribution in [0.2, 0.25) is 0 Å². The van der Waals surface area contributed by atoms with Crippen LogP contribution in [0.1, 0.15) is 28.7 Å². The molecule has 6 N–H and O–H groups in total. The maximum Gasteiger partial charge on any atom is 0.303 e. The largest absolute Gasteiger partial charge is 0.481 e. The highest BCUT2D eigenvalue weighted by atomic mass is 16.4. The van der Waals surface area contributed by atoms with Gasteiger partial charge < -0.3 is 30.7 Å². The fourth-order valence-electron chi connectivity index (χ4n) is 3.94. The van der Waals surface area contributed by atoms with Gasteiger partial charge in [0.1, 0.15) is 0 Å². The number of carboxylic acids is 1. The minimum absolute atomic E-state index is 0.156. The second-order valence-electron chi connectivity index (χ2n) is 9.43. The molecule has 0 radical (unpaired) electrons. The summed E-state index contributed by atoms with van der Waals surface area (Å²) < 4.78 is 2.25. The molecule has 0 aliphatic heterocycles. The zero-order chi connectivity index (χ0) is 26.8. The molecule has 37 heavy (non-hydrogen) atoms. The van der Waals surface area contributed by atoms with Crippen LogP contribution in [0.15, 0.2) is 79.0 Å². The molecule has 4 rings (SSSR count). The molecule has 196 valence electrons. The van der Waals surface area contributed by atoms with Crippen molar-refractivity contribution in [1.82, 2.24) is 4.57 Å². The van der Waals surface area contributed by atoms with Crippen LogP contribution in [0.3, 0.4) is 0 Å². The van der Waals surface area contributed by atoms with E-state index in [-0.39, 0.29) is 6.42 Å². The molecule has 1 aromatic heterocycles. The predicted octanol–water partition coefficient (Wildman–Crippen LogP) is 3.40. The van der Waals surface area contributed by atoms with E-state index in [1.165, 1.54) is 22.1 Å². The van der Waals surface area contributed by atoms with E-state index in [2.05, 4.69) is 84.4 Å². The van der Waals surface area contributed by atoms with Gasteiger partial charge in [-0.05, 0) is 67.1 Å². The number of fused-ring (bicyclic) bond motifs is 1. The first-order valence-corrected chi connectivity index (χ1v) is 12.4. The number of nitrogens with zero attached hydrogens (tertiary/aromatic N) is 1. The molecule has 3 aromatic carbocycles. The first kappa shape index (κ1) is 28.1. The highest BCUT2D eigenvalue weighted by molar-refractivity contribution is 5.86. The monoisotopic (exact) mass is 504 g/mol. The van der Waals surface area contributed by atoms with Crippen LogP contribution in [0.4, 0.5) is 0 Å². The second-order valence-corrected chi connectivity index (χ2v) is 9.43. The third-order valence-corrected chi connectivity index (χ3v) is 6.36. The van der Waals surface area contributed by atoms with Crippen LogP contribution < -0.4 is 5.73 Å². The fraction of sp³-hybridized carbons (Fsp3) is 0.300. The van der Waals surface area contributed by atoms with Crippen molar-refractivity contribution < 1.29 is 25.2 Å². The standard InChI is InChI=1S/C26H25NO2.C4H11NO3/c1-19-7-13-23(14-8-19)27-18-22(12-9-20-5-3-2-4-6-20)24-17-21(10-15-25(24)27)11-16-26(28)29;5-4(1-6,2-7)3-8/h2-8,10,13-15,17-18H,9,11-12,16H2,1H3,(H,28,29);6-8H,1-3,5H2. The second kappa shape index (κ2) is 13.2. The molecule has 0 aliphatic carbocycles. The minimum Gasteiger partial charge on any atom is -0.481 e. The van der Waals surface area contributed by atoms with Crippen LogP contribution in [0.25, 0.3) is 16.6 Å². The normalized spacial score (nSPS) is 11.3. The first-order valence-electron chi connectivity index (χ1n) is 12.4. The minimum atomic E-state index is -1.21. The number of rotatable bonds is 10. The number of benzene rings is 3. The van der Waals surface area contributed by atoms with Gasteiger partial charge in [0.2, 0.25) is 0 Å². The summed E-state index contributed by atoms with van der Waals surface area (Å²) in [4.78, 5) is 11.0. The number of aryl methyl sites for hydroxylation is 4. The van der Waals surface area contributed by atoms with E-state index < -0.39 is 31.3 Å². The number of aliphatic hydroxyl groups is 3. The molecule has 0 saturated heterocycles. The van der Waals surface area contributed by atoms with Gasteiger partial charge >= 0.3 is 5.97 Å². The van der Waals surface area contributed by atoms with Gasteiger partial charge in [0.25, 0.3) is 0 Å². The summed E-state index contributed by atoms with van der Waals surface area (Å²) in [7, 11) is 0. The molecule has 7 heteroatoms. The number of hydrogen-bond acceptors (Lipinski definition) is 5. The van der Waals surface area contributed by atoms with Crippen LogP contribution in [-0.4, -0.2) is 56.3 Å². The van der Waals surface area contributed by atoms with E-state index in [1.807, 2.05) is 6.07 Å². The number of hydrogen-bond donors (Lipinski definition) is 5. The molecular formula is C30H36N2O5. The van der Waals surface area contributed by atoms with Crippen molar-refractivity contribution in [2.75, 3.05) is 19.8 Å². The van der Waals surface area contributed by atoms with Gasteiger partial charge in [-0.15, -0.1) is 0 Å². The molecule has 1 heterocycles. The van der Waals surface area contributed by atoms with Gasteiger partial charge in [-0.25, -0.2) is 0 Å². The van der Waals surface area contributed by atoms with Crippen molar-refractivity contribution in [3.63, 3.8) is 0 Å². The average Bonchev–Trinajstić information content (AvgIpc) is 3.29. The highest BCUT2D eigenvalue weighted by Crippen LogP contribution is 2.28. The van der Waals surface area contributed by atoms with Crippen molar-refractivity contribution in [3.8, 4) is 5.69 Å². The summed E-state index contributed by atoms with van der Waals surface area (Å²) in [6, 6.07) is 25.4. The van der Waals surface area contributed by atoms with E-state index in [1.54, 1.807) is 0 Å². The summed E-state index contributed by atoms with van der Waals surface area (Å²) in [5.41, 5.74) is 11.2. The molecular weight excluding hydrogens is 468 g/mol. The van der Waals surface area contributed by atoms with Crippen molar-refractivity contribution in [2.45, 2.75) is 38.1 Å². The van der Waals surface area contributed by atoms with Crippen molar-refractivity contribution in [3.05, 3.63) is 101 Å². The Kier molecular flexibility index (Phi) is 10.00. The Morgan fingerprint density at radius 3 is 2.05 bits per heavy atom. The van der Waals surface area contributed by atoms with E-state index >= 15 is 0 Å². The average molecular weight is 505 g/mol. The van der Waals surface area contributed by atoms with Crippen LogP contribution >= 0.6 is 0 Å². The number of nitrogens with two attached hydrogens (primary N) is 1. The Morgan fingerprint density at radius 2 is 1.49 bits per heavy atom. The SMILES string of the molecule is Cc1ccc(-n2cc(CCc3ccccc3)c3cc(CCC(=O)O)ccc32)cc1.NC(CO)(CO)CO. The number of aromatic nitrogens is 1. The number of carbonyl (C=O) groups is 1. The van der Waals surface area contributed by atoms with Gasteiger partial charge in [0.05, 0.1) is 30.9 Å². The molecule has 0 amide bonds. The van der Waals surface area contributed by atoms with E-state index in [9.17, 15) is 4.79 Å². The summed E-state index contributed by atoms with van der Waals surface area (Å²) in [5, 5.41) is 35.3. The zero-order valence-electron chi connectivity index (χ0n) is 21.2. The lowest BCUT2D eigenvalue weighted by molar-refractivity contribution is -0.136. The van der Waals surface area contributed by atoms with E-state index in [0.29, 0.717) is 6.42 Å². The molecule has 0 aliphatic rings. The first-order chi connectivity index (χ1) is 17.8. The Bertz CT molecular complexity index is 1270. The molecule has 0 fully saturated rings. The Hall–Kier alpha value is -3.49. The Labute approximate surface area is 217 Å². The topological polar surface area (TPSA) is 129 Å². The Morgan fingerprint density at radius 1 is 0.838 bits per heavy atom. The smallest absolute Gasteiger partial charge is 0.303 e. The van der Waals surface area contributed by atoms with Crippen molar-refractivity contribution >= 4 is 16.9 Å². The number of aliphatic carboxylic acids is 1. The van der Waals surface area contributed by atoms with Gasteiger partial charge in [-0.3, -0.25) is 4.79 Å². The molecule has 0 atom stereocenters. The molecule has 4 aromatic rings. The van der Waals surface area contributed by atoms with Gasteiger partial charge in [0, 0.05) is 23.7 Å². The molecule has 7 nitrogen and oxygen atoms in total. The fourth-order valence-corrected chi connectivity index (χ4v) is 3.94. The molecule has 0 unspecified atom stereocenters. The highest BCUT2D eigenvalue weighted by Gasteiger charge is 2.20. The van der Waals surface area contributed by atoms with Crippen LogP contribution in [-0.2, 0) is 24.1 Å². The third-order valence-electron chi connectivity index (χ3n) is 6.36. The zero-order valence-corrected chi connectivity index (χ0v) is 21.2. The summed E-state index contributed by atoms with van der Waals surface area (Å²) in [5.74, 6) is -0.758. The van der Waals surface area contributed by atoms with Crippen molar-refractivity contribution in [1.29, 1.82) is 0 Å². The van der Waals surface area contributed by atoms with Crippen LogP contribution in [0, 0.1) is 6.92 Å². The Balaban J connectivity index is 0.000000414. The van der Waals surface area contributed by atoms with Gasteiger partial charge in [-0.2, -0.15) is 0 Å². The molecule has 0 saturated carbocycles. The lowest BCUT2D eigenvalue weighted by Gasteiger charge is -2.20. The van der Waals surface area contributed by atoms with Crippen molar-refractivity contribution in [2.24, 2.45) is 5.73 Å². The lowest BCUT2D eigenvalue weighted by atomic mass is 10.0. The quantitative estimate of drug-likeness (QED) is 0.225.